The first kappa shape index (κ1) is 34.8. The zero-order valence-corrected chi connectivity index (χ0v) is 34.1. The largest absolute Gasteiger partial charge is 0.309 e. The van der Waals surface area contributed by atoms with Crippen molar-refractivity contribution < 1.29 is 0 Å². The Hall–Kier alpha value is -7.24. The van der Waals surface area contributed by atoms with Gasteiger partial charge >= 0.3 is 0 Å². The zero-order chi connectivity index (χ0) is 39.6. The number of aromatic nitrogens is 2. The van der Waals surface area contributed by atoms with Crippen LogP contribution in [0.3, 0.4) is 0 Å². The van der Waals surface area contributed by atoms with E-state index in [1.807, 2.05) is 22.7 Å². The molecule has 2 nitrogen and oxygen atoms in total. The molecule has 0 fully saturated rings. The van der Waals surface area contributed by atoms with Gasteiger partial charge in [-0.15, -0.1) is 22.7 Å². The maximum Gasteiger partial charge on any atom is 0.0541 e. The summed E-state index contributed by atoms with van der Waals surface area (Å²) in [6, 6.07) is 75.5. The lowest BCUT2D eigenvalue weighted by Gasteiger charge is -2.12. The van der Waals surface area contributed by atoms with Crippen LogP contribution in [0.15, 0.2) is 217 Å². The second-order valence-electron chi connectivity index (χ2n) is 15.4. The summed E-state index contributed by atoms with van der Waals surface area (Å²) in [6.07, 6.45) is 0. The fourth-order valence-corrected chi connectivity index (χ4v) is 11.0. The average Bonchev–Trinajstić information content (AvgIpc) is 4.13. The molecule has 0 saturated carbocycles. The van der Waals surface area contributed by atoms with Crippen LogP contribution in [0.2, 0.25) is 0 Å². The number of hydrogen-bond acceptors (Lipinski definition) is 2. The molecule has 0 saturated heterocycles. The first-order chi connectivity index (χ1) is 29.7. The molecule has 60 heavy (non-hydrogen) atoms. The molecule has 0 aliphatic rings. The minimum Gasteiger partial charge on any atom is -0.309 e. The Morgan fingerprint density at radius 1 is 0.250 bits per heavy atom. The highest BCUT2D eigenvalue weighted by Gasteiger charge is 2.17. The third-order valence-corrected chi connectivity index (χ3v) is 13.9. The van der Waals surface area contributed by atoms with Crippen molar-refractivity contribution in [2.24, 2.45) is 0 Å². The highest BCUT2D eigenvalue weighted by molar-refractivity contribution is 7.20. The van der Waals surface area contributed by atoms with Crippen molar-refractivity contribution in [2.75, 3.05) is 0 Å². The number of thiophene rings is 2. The van der Waals surface area contributed by atoms with Crippen molar-refractivity contribution in [2.45, 2.75) is 0 Å². The molecule has 4 heterocycles. The van der Waals surface area contributed by atoms with E-state index in [0.29, 0.717) is 0 Å². The molecule has 0 amide bonds. The van der Waals surface area contributed by atoms with Gasteiger partial charge in [0, 0.05) is 42.7 Å². The lowest BCUT2D eigenvalue weighted by molar-refractivity contribution is 1.18. The molecule has 0 atom stereocenters. The van der Waals surface area contributed by atoms with Crippen LogP contribution in [-0.2, 0) is 0 Å². The van der Waals surface area contributed by atoms with Gasteiger partial charge in [0.1, 0.15) is 0 Å². The number of hydrogen-bond donors (Lipinski definition) is 0. The molecule has 12 aromatic rings. The van der Waals surface area contributed by atoms with Gasteiger partial charge in [-0.05, 0) is 146 Å². The van der Waals surface area contributed by atoms with E-state index >= 15 is 0 Å². The van der Waals surface area contributed by atoms with Crippen molar-refractivity contribution in [1.82, 2.24) is 9.13 Å². The second-order valence-corrected chi connectivity index (χ2v) is 17.2. The summed E-state index contributed by atoms with van der Waals surface area (Å²) in [7, 11) is 0. The molecule has 0 aliphatic heterocycles. The molecule has 8 aromatic carbocycles. The SMILES string of the molecule is c1ccc(-c2csc(-c3cc(-c4cc(-c5ccc6c(c5)c5ccccc5n6-c5ccccc5)cc(-c5ccc6c(c5)c5ccccc5n6-c5ccccc5)c4)cs3)c2)cc1. The Labute approximate surface area is 356 Å². The first-order valence-electron chi connectivity index (χ1n) is 20.3. The molecule has 0 unspecified atom stereocenters. The highest BCUT2D eigenvalue weighted by atomic mass is 32.1. The summed E-state index contributed by atoms with van der Waals surface area (Å²) in [5, 5.41) is 9.61. The number of benzene rings is 8. The Morgan fingerprint density at radius 3 is 1.12 bits per heavy atom. The maximum atomic E-state index is 2.40. The van der Waals surface area contributed by atoms with Crippen molar-refractivity contribution in [3.63, 3.8) is 0 Å². The first-order valence-corrected chi connectivity index (χ1v) is 22.1. The summed E-state index contributed by atoms with van der Waals surface area (Å²) in [5.41, 5.74) is 16.9. The zero-order valence-electron chi connectivity index (χ0n) is 32.5. The van der Waals surface area contributed by atoms with Crippen LogP contribution in [0.4, 0.5) is 0 Å². The van der Waals surface area contributed by atoms with Gasteiger partial charge in [0.05, 0.1) is 22.1 Å². The molecular weight excluding hydrogens is 765 g/mol. The fraction of sp³-hybridized carbons (Fsp3) is 0. The van der Waals surface area contributed by atoms with Crippen LogP contribution >= 0.6 is 22.7 Å². The van der Waals surface area contributed by atoms with Crippen molar-refractivity contribution in [3.05, 3.63) is 217 Å². The molecule has 0 spiro atoms. The Morgan fingerprint density at radius 2 is 0.633 bits per heavy atom. The molecule has 282 valence electrons. The van der Waals surface area contributed by atoms with Gasteiger partial charge in [0.25, 0.3) is 0 Å². The summed E-state index contributed by atoms with van der Waals surface area (Å²) in [6.45, 7) is 0. The quantitative estimate of drug-likeness (QED) is 0.152. The lowest BCUT2D eigenvalue weighted by Crippen LogP contribution is -1.93. The minimum absolute atomic E-state index is 1.17. The molecule has 0 N–H and O–H groups in total. The van der Waals surface area contributed by atoms with Crippen LogP contribution in [0.1, 0.15) is 0 Å². The Kier molecular flexibility index (Phi) is 8.25. The maximum absolute atomic E-state index is 2.40. The van der Waals surface area contributed by atoms with Gasteiger partial charge in [0.2, 0.25) is 0 Å². The fourth-order valence-electron chi connectivity index (χ4n) is 9.01. The number of rotatable bonds is 7. The van der Waals surface area contributed by atoms with Gasteiger partial charge in [-0.3, -0.25) is 0 Å². The summed E-state index contributed by atoms with van der Waals surface area (Å²) in [5.74, 6) is 0. The third kappa shape index (κ3) is 5.84. The summed E-state index contributed by atoms with van der Waals surface area (Å²) < 4.78 is 4.77. The van der Waals surface area contributed by atoms with Crippen LogP contribution in [0, 0.1) is 0 Å². The predicted octanol–water partition coefficient (Wildman–Crippen LogP) is 16.3. The summed E-state index contributed by atoms with van der Waals surface area (Å²) in [4.78, 5) is 2.58. The molecule has 4 aromatic heterocycles. The Bertz CT molecular complexity index is 3360. The van der Waals surface area contributed by atoms with E-state index in [2.05, 4.69) is 226 Å². The van der Waals surface area contributed by atoms with E-state index < -0.39 is 0 Å². The van der Waals surface area contributed by atoms with Gasteiger partial charge in [-0.25, -0.2) is 0 Å². The van der Waals surface area contributed by atoms with E-state index in [1.54, 1.807) is 0 Å². The minimum atomic E-state index is 1.17. The Balaban J connectivity index is 1.03. The number of fused-ring (bicyclic) bond motifs is 6. The summed E-state index contributed by atoms with van der Waals surface area (Å²) >= 11 is 3.64. The van der Waals surface area contributed by atoms with Gasteiger partial charge in [0.15, 0.2) is 0 Å². The van der Waals surface area contributed by atoms with Gasteiger partial charge in [-0.1, -0.05) is 115 Å². The van der Waals surface area contributed by atoms with E-state index in [9.17, 15) is 0 Å². The molecule has 0 aliphatic carbocycles. The van der Waals surface area contributed by atoms with E-state index in [0.717, 1.165) is 0 Å². The second kappa shape index (κ2) is 14.2. The number of para-hydroxylation sites is 4. The molecule has 0 bridgehead atoms. The highest BCUT2D eigenvalue weighted by Crippen LogP contribution is 2.43. The van der Waals surface area contributed by atoms with Crippen molar-refractivity contribution in [1.29, 1.82) is 0 Å². The third-order valence-electron chi connectivity index (χ3n) is 11.9. The molecular formula is C56H36N2S2. The molecule has 12 rings (SSSR count). The van der Waals surface area contributed by atoms with E-state index in [4.69, 9.17) is 0 Å². The monoisotopic (exact) mass is 800 g/mol. The van der Waals surface area contributed by atoms with Crippen molar-refractivity contribution >= 4 is 66.3 Å². The standard InChI is InChI=1S/C56H36N2S2/c1-4-14-37(15-5-1)43-33-55(59-35-43)56-34-44(36-60-56)42-29-40(38-24-26-53-49(31-38)47-20-10-12-22-51(47)57(53)45-16-6-2-7-17-45)28-41(30-42)39-25-27-54-50(32-39)48-21-11-13-23-52(48)58(54)46-18-8-3-9-19-46/h1-36H. The van der Waals surface area contributed by atoms with E-state index in [1.165, 1.54) is 109 Å². The average molecular weight is 801 g/mol. The van der Waals surface area contributed by atoms with Crippen LogP contribution < -0.4 is 0 Å². The van der Waals surface area contributed by atoms with Crippen LogP contribution in [0.5, 0.6) is 0 Å². The molecule has 0 radical (unpaired) electrons. The van der Waals surface area contributed by atoms with Crippen LogP contribution in [0.25, 0.3) is 109 Å². The van der Waals surface area contributed by atoms with Gasteiger partial charge in [-0.2, -0.15) is 0 Å². The normalized spacial score (nSPS) is 11.7. The number of nitrogens with zero attached hydrogens (tertiary/aromatic N) is 2. The van der Waals surface area contributed by atoms with Gasteiger partial charge < -0.3 is 9.13 Å². The van der Waals surface area contributed by atoms with E-state index in [-0.39, 0.29) is 0 Å². The van der Waals surface area contributed by atoms with Crippen LogP contribution in [-0.4, -0.2) is 9.13 Å². The van der Waals surface area contributed by atoms with Crippen molar-refractivity contribution in [3.8, 4) is 65.6 Å². The topological polar surface area (TPSA) is 9.86 Å². The molecule has 4 heteroatoms. The predicted molar refractivity (Wildman–Crippen MR) is 258 cm³/mol. The lowest BCUT2D eigenvalue weighted by atomic mass is 9.93. The smallest absolute Gasteiger partial charge is 0.0541 e.